The highest BCUT2D eigenvalue weighted by Crippen LogP contribution is 2.36. The molecule has 3 rings (SSSR count). The first-order valence-corrected chi connectivity index (χ1v) is 15.2. The Balaban J connectivity index is 2.14. The molecule has 0 aliphatic rings. The zero-order valence-corrected chi connectivity index (χ0v) is 26.5. The fourth-order valence-electron chi connectivity index (χ4n) is 4.21. The maximum absolute atomic E-state index is 14.2. The molecular formula is C31H38ClN3O6S. The van der Waals surface area contributed by atoms with Crippen LogP contribution < -0.4 is 19.1 Å². The Kier molecular flexibility index (Phi) is 10.5. The van der Waals surface area contributed by atoms with Gasteiger partial charge in [-0.25, -0.2) is 8.42 Å². The molecule has 2 amide bonds. The number of nitrogens with zero attached hydrogens (tertiary/aromatic N) is 2. The van der Waals surface area contributed by atoms with Crippen molar-refractivity contribution >= 4 is 39.1 Å². The van der Waals surface area contributed by atoms with Gasteiger partial charge >= 0.3 is 0 Å². The van der Waals surface area contributed by atoms with Crippen LogP contribution in [0.4, 0.5) is 5.69 Å². The van der Waals surface area contributed by atoms with Crippen molar-refractivity contribution in [3.8, 4) is 11.5 Å². The van der Waals surface area contributed by atoms with E-state index in [0.29, 0.717) is 16.3 Å². The lowest BCUT2D eigenvalue weighted by Gasteiger charge is -2.34. The molecule has 0 aliphatic carbocycles. The number of aryl methyl sites for hydroxylation is 1. The summed E-state index contributed by atoms with van der Waals surface area (Å²) >= 11 is 6.43. The normalized spacial score (nSPS) is 12.3. The first-order chi connectivity index (χ1) is 19.7. The maximum Gasteiger partial charge on any atom is 0.264 e. The van der Waals surface area contributed by atoms with Crippen LogP contribution in [-0.4, -0.2) is 57.5 Å². The second kappa shape index (κ2) is 13.5. The number of hydrogen-bond donors (Lipinski definition) is 1. The van der Waals surface area contributed by atoms with E-state index < -0.39 is 40.0 Å². The molecule has 0 radical (unpaired) electrons. The van der Waals surface area contributed by atoms with E-state index in [4.69, 9.17) is 21.1 Å². The predicted octanol–water partition coefficient (Wildman–Crippen LogP) is 5.19. The number of carbonyl (C=O) groups excluding carboxylic acids is 2. The van der Waals surface area contributed by atoms with Crippen LogP contribution in [0.25, 0.3) is 0 Å². The number of hydrogen-bond acceptors (Lipinski definition) is 6. The van der Waals surface area contributed by atoms with Crippen molar-refractivity contribution in [3.63, 3.8) is 0 Å². The van der Waals surface area contributed by atoms with Crippen LogP contribution in [0.3, 0.4) is 0 Å². The third kappa shape index (κ3) is 7.95. The number of ether oxygens (including phenoxy) is 2. The fourth-order valence-corrected chi connectivity index (χ4v) is 5.82. The Bertz CT molecular complexity index is 1520. The molecule has 9 nitrogen and oxygen atoms in total. The molecule has 1 atom stereocenters. The number of sulfonamides is 1. The van der Waals surface area contributed by atoms with Crippen LogP contribution in [0, 0.1) is 6.92 Å². The Morgan fingerprint density at radius 2 is 1.62 bits per heavy atom. The van der Waals surface area contributed by atoms with E-state index in [0.717, 1.165) is 9.87 Å². The summed E-state index contributed by atoms with van der Waals surface area (Å²) in [6, 6.07) is 17.0. The van der Waals surface area contributed by atoms with Crippen molar-refractivity contribution in [2.75, 3.05) is 25.1 Å². The monoisotopic (exact) mass is 615 g/mol. The summed E-state index contributed by atoms with van der Waals surface area (Å²) in [6.45, 7) is 8.30. The first kappa shape index (κ1) is 32.8. The zero-order chi connectivity index (χ0) is 31.2. The number of halogens is 1. The largest absolute Gasteiger partial charge is 0.497 e. The van der Waals surface area contributed by atoms with Crippen molar-refractivity contribution in [1.82, 2.24) is 10.2 Å². The molecule has 0 bridgehead atoms. The lowest BCUT2D eigenvalue weighted by atomic mass is 10.1. The summed E-state index contributed by atoms with van der Waals surface area (Å²) in [6.07, 6.45) is 0. The SMILES string of the molecule is COc1ccc(OC)c(N(CC(=O)N(Cc2ccccc2Cl)[C@H](C)C(=O)NC(C)(C)C)S(=O)(=O)c2ccc(C)cc2)c1. The van der Waals surface area contributed by atoms with E-state index in [9.17, 15) is 18.0 Å². The molecule has 1 N–H and O–H groups in total. The summed E-state index contributed by atoms with van der Waals surface area (Å²) in [5.41, 5.74) is 1.03. The molecule has 0 heterocycles. The van der Waals surface area contributed by atoms with Crippen LogP contribution in [0.15, 0.2) is 71.6 Å². The minimum Gasteiger partial charge on any atom is -0.497 e. The van der Waals surface area contributed by atoms with Gasteiger partial charge in [-0.2, -0.15) is 0 Å². The summed E-state index contributed by atoms with van der Waals surface area (Å²) in [5, 5.41) is 3.31. The second-order valence-corrected chi connectivity index (χ2v) is 13.2. The molecule has 0 unspecified atom stereocenters. The van der Waals surface area contributed by atoms with Gasteiger partial charge in [0.25, 0.3) is 10.0 Å². The van der Waals surface area contributed by atoms with Crippen LogP contribution in [0.2, 0.25) is 5.02 Å². The Morgan fingerprint density at radius 1 is 0.976 bits per heavy atom. The summed E-state index contributed by atoms with van der Waals surface area (Å²) < 4.78 is 40.1. The summed E-state index contributed by atoms with van der Waals surface area (Å²) in [7, 11) is -1.43. The molecular weight excluding hydrogens is 578 g/mol. The molecule has 0 saturated carbocycles. The van der Waals surface area contributed by atoms with E-state index in [-0.39, 0.29) is 22.9 Å². The standard InChI is InChI=1S/C31H38ClN3O6S/c1-21-12-15-25(16-13-21)42(38,39)35(27-18-24(40-6)14-17-28(27)41-7)20-29(36)34(19-23-10-8-9-11-26(23)32)22(2)30(37)33-31(3,4)5/h8-18,22H,19-20H2,1-7H3,(H,33,37)/t22-/m1/s1. The zero-order valence-electron chi connectivity index (χ0n) is 25.0. The number of nitrogens with one attached hydrogen (secondary N) is 1. The van der Waals surface area contributed by atoms with Gasteiger partial charge in [0.15, 0.2) is 0 Å². The van der Waals surface area contributed by atoms with Gasteiger partial charge in [0.1, 0.15) is 24.1 Å². The fraction of sp³-hybridized carbons (Fsp3) is 0.355. The molecule has 0 fully saturated rings. The molecule has 3 aromatic rings. The van der Waals surface area contributed by atoms with E-state index in [1.165, 1.54) is 37.3 Å². The Labute approximate surface area is 253 Å². The predicted molar refractivity (Wildman–Crippen MR) is 165 cm³/mol. The average Bonchev–Trinajstić information content (AvgIpc) is 2.93. The molecule has 0 saturated heterocycles. The summed E-state index contributed by atoms with van der Waals surface area (Å²) in [5.74, 6) is -0.425. The van der Waals surface area contributed by atoms with E-state index in [1.54, 1.807) is 55.5 Å². The summed E-state index contributed by atoms with van der Waals surface area (Å²) in [4.78, 5) is 28.7. The van der Waals surface area contributed by atoms with Gasteiger partial charge in [-0.1, -0.05) is 47.5 Å². The molecule has 0 aliphatic heterocycles. The third-order valence-corrected chi connectivity index (χ3v) is 8.65. The minimum absolute atomic E-state index is 0.0121. The number of methoxy groups -OCH3 is 2. The van der Waals surface area contributed by atoms with Crippen molar-refractivity contribution in [2.24, 2.45) is 0 Å². The van der Waals surface area contributed by atoms with Gasteiger partial charge in [0.2, 0.25) is 11.8 Å². The van der Waals surface area contributed by atoms with Crippen LogP contribution >= 0.6 is 11.6 Å². The van der Waals surface area contributed by atoms with Crippen LogP contribution in [-0.2, 0) is 26.2 Å². The first-order valence-electron chi connectivity index (χ1n) is 13.3. The lowest BCUT2D eigenvalue weighted by Crippen LogP contribution is -2.54. The van der Waals surface area contributed by atoms with E-state index >= 15 is 0 Å². The van der Waals surface area contributed by atoms with Crippen molar-refractivity contribution in [3.05, 3.63) is 82.9 Å². The highest BCUT2D eigenvalue weighted by Gasteiger charge is 2.35. The number of anilines is 1. The highest BCUT2D eigenvalue weighted by molar-refractivity contribution is 7.92. The van der Waals surface area contributed by atoms with Gasteiger partial charge in [-0.15, -0.1) is 0 Å². The number of carbonyl (C=O) groups is 2. The number of amides is 2. The van der Waals surface area contributed by atoms with Crippen LogP contribution in [0.5, 0.6) is 11.5 Å². The smallest absolute Gasteiger partial charge is 0.264 e. The van der Waals surface area contributed by atoms with Gasteiger partial charge in [-0.3, -0.25) is 13.9 Å². The maximum atomic E-state index is 14.2. The number of rotatable bonds is 11. The van der Waals surface area contributed by atoms with Gasteiger partial charge in [0, 0.05) is 23.2 Å². The van der Waals surface area contributed by atoms with E-state index in [2.05, 4.69) is 5.32 Å². The molecule has 226 valence electrons. The van der Waals surface area contributed by atoms with Gasteiger partial charge < -0.3 is 19.7 Å². The van der Waals surface area contributed by atoms with Crippen molar-refractivity contribution in [1.29, 1.82) is 0 Å². The van der Waals surface area contributed by atoms with Crippen molar-refractivity contribution in [2.45, 2.75) is 57.6 Å². The second-order valence-electron chi connectivity index (χ2n) is 10.9. The number of benzene rings is 3. The minimum atomic E-state index is -4.29. The van der Waals surface area contributed by atoms with Gasteiger partial charge in [0.05, 0.1) is 24.8 Å². The van der Waals surface area contributed by atoms with Crippen molar-refractivity contribution < 1.29 is 27.5 Å². The Morgan fingerprint density at radius 3 is 2.19 bits per heavy atom. The molecule has 11 heteroatoms. The van der Waals surface area contributed by atoms with E-state index in [1.807, 2.05) is 27.7 Å². The van der Waals surface area contributed by atoms with Crippen LogP contribution in [0.1, 0.15) is 38.8 Å². The molecule has 3 aromatic carbocycles. The van der Waals surface area contributed by atoms with Gasteiger partial charge in [-0.05, 0) is 70.5 Å². The molecule has 0 aromatic heterocycles. The molecule has 0 spiro atoms. The molecule has 42 heavy (non-hydrogen) atoms. The average molecular weight is 616 g/mol. The Hall–Kier alpha value is -3.76. The third-order valence-electron chi connectivity index (χ3n) is 6.51. The topological polar surface area (TPSA) is 105 Å². The quantitative estimate of drug-likeness (QED) is 0.318. The highest BCUT2D eigenvalue weighted by atomic mass is 35.5. The lowest BCUT2D eigenvalue weighted by molar-refractivity contribution is -0.140.